The Bertz CT molecular complexity index is 745. The summed E-state index contributed by atoms with van der Waals surface area (Å²) in [5, 5.41) is 14.5. The van der Waals surface area contributed by atoms with E-state index in [1.54, 1.807) is 0 Å². The summed E-state index contributed by atoms with van der Waals surface area (Å²) in [4.78, 5) is 0. The van der Waals surface area contributed by atoms with E-state index in [0.717, 1.165) is 22.2 Å². The van der Waals surface area contributed by atoms with Crippen LogP contribution in [0.1, 0.15) is 5.56 Å². The van der Waals surface area contributed by atoms with Crippen LogP contribution >= 0.6 is 0 Å². The van der Waals surface area contributed by atoms with Crippen molar-refractivity contribution in [3.63, 3.8) is 0 Å². The summed E-state index contributed by atoms with van der Waals surface area (Å²) in [6, 6.07) is 17.8. The SMILES string of the molecule is Cn1nc(-c2ccc(C#N)cc2)c2ccccc21. The maximum absolute atomic E-state index is 8.81. The first-order chi connectivity index (χ1) is 8.79. The van der Waals surface area contributed by atoms with Crippen LogP contribution in [-0.4, -0.2) is 9.78 Å². The van der Waals surface area contributed by atoms with E-state index in [4.69, 9.17) is 5.26 Å². The van der Waals surface area contributed by atoms with Crippen LogP contribution in [0.15, 0.2) is 48.5 Å². The molecule has 3 heteroatoms. The molecule has 0 aliphatic heterocycles. The second-order valence-corrected chi connectivity index (χ2v) is 4.18. The van der Waals surface area contributed by atoms with E-state index in [-0.39, 0.29) is 0 Å². The standard InChI is InChI=1S/C15H11N3/c1-18-14-5-3-2-4-13(14)15(17-18)12-8-6-11(10-16)7-9-12/h2-9H,1H3. The number of para-hydroxylation sites is 1. The zero-order valence-corrected chi connectivity index (χ0v) is 9.96. The summed E-state index contributed by atoms with van der Waals surface area (Å²) in [5.74, 6) is 0. The van der Waals surface area contributed by atoms with Crippen molar-refractivity contribution in [2.24, 2.45) is 7.05 Å². The maximum atomic E-state index is 8.81. The average molecular weight is 233 g/mol. The topological polar surface area (TPSA) is 41.6 Å². The zero-order valence-electron chi connectivity index (χ0n) is 9.96. The lowest BCUT2D eigenvalue weighted by Gasteiger charge is -1.97. The molecule has 2 aromatic carbocycles. The zero-order chi connectivity index (χ0) is 12.5. The number of rotatable bonds is 1. The first kappa shape index (κ1) is 10.5. The van der Waals surface area contributed by atoms with Gasteiger partial charge in [0.2, 0.25) is 0 Å². The Hall–Kier alpha value is -2.60. The largest absolute Gasteiger partial charge is 0.267 e. The summed E-state index contributed by atoms with van der Waals surface area (Å²) < 4.78 is 1.88. The lowest BCUT2D eigenvalue weighted by atomic mass is 10.1. The molecule has 0 bridgehead atoms. The van der Waals surface area contributed by atoms with Gasteiger partial charge in [-0.3, -0.25) is 4.68 Å². The Morgan fingerprint density at radius 2 is 1.78 bits per heavy atom. The van der Waals surface area contributed by atoms with E-state index in [9.17, 15) is 0 Å². The molecule has 0 N–H and O–H groups in total. The van der Waals surface area contributed by atoms with Gasteiger partial charge in [0.05, 0.1) is 17.1 Å². The summed E-state index contributed by atoms with van der Waals surface area (Å²) in [7, 11) is 1.94. The molecule has 0 atom stereocenters. The lowest BCUT2D eigenvalue weighted by Crippen LogP contribution is -1.89. The molecule has 18 heavy (non-hydrogen) atoms. The number of aromatic nitrogens is 2. The van der Waals surface area contributed by atoms with Gasteiger partial charge in [0, 0.05) is 18.0 Å². The van der Waals surface area contributed by atoms with Crippen molar-refractivity contribution in [3.05, 3.63) is 54.1 Å². The van der Waals surface area contributed by atoms with Crippen molar-refractivity contribution in [2.75, 3.05) is 0 Å². The molecule has 0 aliphatic carbocycles. The fourth-order valence-corrected chi connectivity index (χ4v) is 2.13. The molecule has 3 rings (SSSR count). The van der Waals surface area contributed by atoms with E-state index in [2.05, 4.69) is 23.3 Å². The van der Waals surface area contributed by atoms with Crippen molar-refractivity contribution in [2.45, 2.75) is 0 Å². The molecule has 0 radical (unpaired) electrons. The summed E-state index contributed by atoms with van der Waals surface area (Å²) in [6.07, 6.45) is 0. The van der Waals surface area contributed by atoms with Crippen molar-refractivity contribution in [3.8, 4) is 17.3 Å². The van der Waals surface area contributed by atoms with Crippen LogP contribution < -0.4 is 0 Å². The molecule has 86 valence electrons. The Kier molecular flexibility index (Phi) is 2.35. The monoisotopic (exact) mass is 233 g/mol. The van der Waals surface area contributed by atoms with Gasteiger partial charge < -0.3 is 0 Å². The minimum atomic E-state index is 0.666. The molecule has 0 aliphatic rings. The van der Waals surface area contributed by atoms with Gasteiger partial charge >= 0.3 is 0 Å². The quantitative estimate of drug-likeness (QED) is 0.648. The molecule has 1 aromatic heterocycles. The molecule has 1 heterocycles. The number of benzene rings is 2. The molecule has 0 saturated heterocycles. The van der Waals surface area contributed by atoms with Gasteiger partial charge in [0.15, 0.2) is 0 Å². The van der Waals surface area contributed by atoms with Crippen molar-refractivity contribution in [1.29, 1.82) is 5.26 Å². The van der Waals surface area contributed by atoms with E-state index in [1.165, 1.54) is 0 Å². The minimum Gasteiger partial charge on any atom is -0.267 e. The van der Waals surface area contributed by atoms with E-state index in [0.29, 0.717) is 5.56 Å². The van der Waals surface area contributed by atoms with Crippen molar-refractivity contribution >= 4 is 10.9 Å². The number of nitriles is 1. The maximum Gasteiger partial charge on any atom is 0.100 e. The summed E-state index contributed by atoms with van der Waals surface area (Å²) in [6.45, 7) is 0. The number of hydrogen-bond acceptors (Lipinski definition) is 2. The van der Waals surface area contributed by atoms with Crippen molar-refractivity contribution < 1.29 is 0 Å². The third-order valence-electron chi connectivity index (χ3n) is 3.05. The second kappa shape index (κ2) is 4.01. The van der Waals surface area contributed by atoms with Crippen LogP contribution in [0.2, 0.25) is 0 Å². The third kappa shape index (κ3) is 1.56. The highest BCUT2D eigenvalue weighted by Crippen LogP contribution is 2.27. The molecular formula is C15H11N3. The van der Waals surface area contributed by atoms with Crippen LogP contribution in [0.3, 0.4) is 0 Å². The molecule has 0 unspecified atom stereocenters. The molecule has 0 fully saturated rings. The molecule has 0 saturated carbocycles. The molecule has 0 amide bonds. The average Bonchev–Trinajstić information content (AvgIpc) is 2.77. The van der Waals surface area contributed by atoms with Gasteiger partial charge in [-0.25, -0.2) is 0 Å². The van der Waals surface area contributed by atoms with E-state index >= 15 is 0 Å². The smallest absolute Gasteiger partial charge is 0.100 e. The van der Waals surface area contributed by atoms with Gasteiger partial charge in [0.25, 0.3) is 0 Å². The van der Waals surface area contributed by atoms with Crippen LogP contribution in [0.4, 0.5) is 0 Å². The third-order valence-corrected chi connectivity index (χ3v) is 3.05. The first-order valence-corrected chi connectivity index (χ1v) is 5.72. The molecule has 3 aromatic rings. The van der Waals surface area contributed by atoms with Gasteiger partial charge in [-0.05, 0) is 18.2 Å². The minimum absolute atomic E-state index is 0.666. The fraction of sp³-hybridized carbons (Fsp3) is 0.0667. The highest BCUT2D eigenvalue weighted by atomic mass is 15.3. The highest BCUT2D eigenvalue weighted by Gasteiger charge is 2.09. The number of fused-ring (bicyclic) bond motifs is 1. The molecular weight excluding hydrogens is 222 g/mol. The van der Waals surface area contributed by atoms with Gasteiger partial charge in [-0.1, -0.05) is 30.3 Å². The lowest BCUT2D eigenvalue weighted by molar-refractivity contribution is 0.800. The van der Waals surface area contributed by atoms with Gasteiger partial charge in [0.1, 0.15) is 5.69 Å². The summed E-state index contributed by atoms with van der Waals surface area (Å²) >= 11 is 0. The van der Waals surface area contributed by atoms with E-state index < -0.39 is 0 Å². The predicted octanol–water partition coefficient (Wildman–Crippen LogP) is 3.11. The van der Waals surface area contributed by atoms with Crippen molar-refractivity contribution in [1.82, 2.24) is 9.78 Å². The Morgan fingerprint density at radius 3 is 2.50 bits per heavy atom. The second-order valence-electron chi connectivity index (χ2n) is 4.18. The van der Waals surface area contributed by atoms with Gasteiger partial charge in [-0.2, -0.15) is 10.4 Å². The number of nitrogens with zero attached hydrogens (tertiary/aromatic N) is 3. The van der Waals surface area contributed by atoms with E-state index in [1.807, 2.05) is 48.1 Å². The van der Waals surface area contributed by atoms with Crippen LogP contribution in [0, 0.1) is 11.3 Å². The number of hydrogen-bond donors (Lipinski definition) is 0. The normalized spacial score (nSPS) is 10.4. The van der Waals surface area contributed by atoms with Crippen LogP contribution in [0.25, 0.3) is 22.2 Å². The van der Waals surface area contributed by atoms with Crippen LogP contribution in [-0.2, 0) is 7.05 Å². The Labute approximate surface area is 105 Å². The summed E-state index contributed by atoms with van der Waals surface area (Å²) in [5.41, 5.74) is 3.76. The Balaban J connectivity index is 2.22. The molecule has 3 nitrogen and oxygen atoms in total. The number of aryl methyl sites for hydroxylation is 1. The van der Waals surface area contributed by atoms with Crippen LogP contribution in [0.5, 0.6) is 0 Å². The molecule has 0 spiro atoms. The predicted molar refractivity (Wildman–Crippen MR) is 70.9 cm³/mol. The van der Waals surface area contributed by atoms with Gasteiger partial charge in [-0.15, -0.1) is 0 Å². The first-order valence-electron chi connectivity index (χ1n) is 5.72. The Morgan fingerprint density at radius 1 is 1.06 bits per heavy atom. The fourth-order valence-electron chi connectivity index (χ4n) is 2.13. The highest BCUT2D eigenvalue weighted by molar-refractivity contribution is 5.93.